The Labute approximate surface area is 145 Å². The Bertz CT molecular complexity index is 740. The van der Waals surface area contributed by atoms with Crippen LogP contribution in [-0.2, 0) is 4.79 Å². The third-order valence-electron chi connectivity index (χ3n) is 3.44. The average molecular weight is 341 g/mol. The normalized spacial score (nSPS) is 10.6. The number of nitrogens with zero attached hydrogens (tertiary/aromatic N) is 1. The Balaban J connectivity index is 1.87. The summed E-state index contributed by atoms with van der Waals surface area (Å²) < 4.78 is 12.8. The summed E-state index contributed by atoms with van der Waals surface area (Å²) in [6.07, 6.45) is 3.72. The maximum atomic E-state index is 12.8. The van der Waals surface area contributed by atoms with Gasteiger partial charge in [0, 0.05) is 17.7 Å². The van der Waals surface area contributed by atoms with Crippen molar-refractivity contribution in [2.75, 3.05) is 5.32 Å². The number of hydrazone groups is 1. The summed E-state index contributed by atoms with van der Waals surface area (Å²) in [5.41, 5.74) is 4.14. The molecule has 0 unspecified atom stereocenters. The van der Waals surface area contributed by atoms with E-state index in [4.69, 9.17) is 0 Å². The molecule has 0 radical (unpaired) electrons. The lowest BCUT2D eigenvalue weighted by Gasteiger charge is -2.05. The van der Waals surface area contributed by atoms with E-state index in [1.165, 1.54) is 18.3 Å². The minimum absolute atomic E-state index is 0.0389. The van der Waals surface area contributed by atoms with Gasteiger partial charge in [-0.25, -0.2) is 9.82 Å². The van der Waals surface area contributed by atoms with Crippen molar-refractivity contribution in [1.82, 2.24) is 5.43 Å². The quantitative estimate of drug-likeness (QED) is 0.595. The molecule has 2 aromatic carbocycles. The number of rotatable bonds is 7. The number of carbonyl (C=O) groups is 2. The van der Waals surface area contributed by atoms with Crippen LogP contribution < -0.4 is 10.7 Å². The van der Waals surface area contributed by atoms with Gasteiger partial charge >= 0.3 is 0 Å². The molecule has 2 aromatic rings. The van der Waals surface area contributed by atoms with Crippen LogP contribution in [0.5, 0.6) is 0 Å². The van der Waals surface area contributed by atoms with Gasteiger partial charge in [-0.05, 0) is 48.4 Å². The second kappa shape index (κ2) is 9.32. The van der Waals surface area contributed by atoms with Crippen LogP contribution >= 0.6 is 0 Å². The molecule has 0 saturated carbocycles. The standard InChI is InChI=1S/C19H20FN3O2/c1-2-3-4-18(24)22-17-11-7-15(8-12-17)19(25)23-21-13-14-5-9-16(20)10-6-14/h5-13H,2-4H2,1H3,(H,22,24)(H,23,25)/b21-13+. The van der Waals surface area contributed by atoms with Gasteiger partial charge in [-0.3, -0.25) is 9.59 Å². The number of nitrogens with one attached hydrogen (secondary N) is 2. The third kappa shape index (κ3) is 6.18. The minimum atomic E-state index is -0.373. The van der Waals surface area contributed by atoms with Crippen LogP contribution in [0, 0.1) is 5.82 Å². The van der Waals surface area contributed by atoms with Crippen LogP contribution in [0.25, 0.3) is 0 Å². The number of unbranched alkanes of at least 4 members (excludes halogenated alkanes) is 1. The Morgan fingerprint density at radius 3 is 2.40 bits per heavy atom. The van der Waals surface area contributed by atoms with E-state index in [9.17, 15) is 14.0 Å². The molecule has 0 heterocycles. The summed E-state index contributed by atoms with van der Waals surface area (Å²) in [5, 5.41) is 6.62. The zero-order valence-corrected chi connectivity index (χ0v) is 14.0. The van der Waals surface area contributed by atoms with E-state index in [2.05, 4.69) is 15.8 Å². The Morgan fingerprint density at radius 2 is 1.76 bits per heavy atom. The molecule has 2 amide bonds. The molecular weight excluding hydrogens is 321 g/mol. The largest absolute Gasteiger partial charge is 0.326 e. The molecular formula is C19H20FN3O2. The van der Waals surface area contributed by atoms with Gasteiger partial charge in [0.05, 0.1) is 6.21 Å². The first-order valence-electron chi connectivity index (χ1n) is 8.07. The highest BCUT2D eigenvalue weighted by molar-refractivity contribution is 5.96. The number of hydrogen-bond acceptors (Lipinski definition) is 3. The van der Waals surface area contributed by atoms with Crippen LogP contribution in [0.1, 0.15) is 42.1 Å². The van der Waals surface area contributed by atoms with Crippen LogP contribution in [-0.4, -0.2) is 18.0 Å². The first kappa shape index (κ1) is 18.3. The number of carbonyl (C=O) groups excluding carboxylic acids is 2. The predicted molar refractivity (Wildman–Crippen MR) is 96.1 cm³/mol. The first-order chi connectivity index (χ1) is 12.1. The summed E-state index contributed by atoms with van der Waals surface area (Å²) in [6, 6.07) is 12.3. The van der Waals surface area contributed by atoms with E-state index in [0.29, 0.717) is 23.2 Å². The van der Waals surface area contributed by atoms with Gasteiger partial charge in [-0.2, -0.15) is 5.10 Å². The fourth-order valence-electron chi connectivity index (χ4n) is 2.04. The zero-order valence-electron chi connectivity index (χ0n) is 14.0. The molecule has 2 N–H and O–H groups in total. The van der Waals surface area contributed by atoms with Crippen molar-refractivity contribution >= 4 is 23.7 Å². The highest BCUT2D eigenvalue weighted by Crippen LogP contribution is 2.10. The molecule has 0 saturated heterocycles. The number of benzene rings is 2. The monoisotopic (exact) mass is 341 g/mol. The molecule has 0 aliphatic heterocycles. The molecule has 0 atom stereocenters. The maximum Gasteiger partial charge on any atom is 0.271 e. The average Bonchev–Trinajstić information content (AvgIpc) is 2.62. The van der Waals surface area contributed by atoms with E-state index >= 15 is 0 Å². The van der Waals surface area contributed by atoms with Crippen LogP contribution in [0.2, 0.25) is 0 Å². The molecule has 5 nitrogen and oxygen atoms in total. The van der Waals surface area contributed by atoms with Crippen LogP contribution in [0.15, 0.2) is 53.6 Å². The van der Waals surface area contributed by atoms with Gasteiger partial charge in [0.15, 0.2) is 0 Å². The van der Waals surface area contributed by atoms with Gasteiger partial charge in [0.1, 0.15) is 5.82 Å². The van der Waals surface area contributed by atoms with E-state index < -0.39 is 0 Å². The smallest absolute Gasteiger partial charge is 0.271 e. The Kier molecular flexibility index (Phi) is 6.83. The highest BCUT2D eigenvalue weighted by atomic mass is 19.1. The fraction of sp³-hybridized carbons (Fsp3) is 0.211. The van der Waals surface area contributed by atoms with Crippen LogP contribution in [0.3, 0.4) is 0 Å². The van der Waals surface area contributed by atoms with Gasteiger partial charge in [-0.1, -0.05) is 25.5 Å². The lowest BCUT2D eigenvalue weighted by Crippen LogP contribution is -2.17. The molecule has 25 heavy (non-hydrogen) atoms. The molecule has 130 valence electrons. The topological polar surface area (TPSA) is 70.6 Å². The second-order valence-corrected chi connectivity index (χ2v) is 5.48. The SMILES string of the molecule is CCCCC(=O)Nc1ccc(C(=O)N/N=C/c2ccc(F)cc2)cc1. The van der Waals surface area contributed by atoms with Crippen molar-refractivity contribution in [2.24, 2.45) is 5.10 Å². The molecule has 0 fully saturated rings. The van der Waals surface area contributed by atoms with Crippen molar-refractivity contribution < 1.29 is 14.0 Å². The van der Waals surface area contributed by atoms with Crippen molar-refractivity contribution in [3.63, 3.8) is 0 Å². The molecule has 2 rings (SSSR count). The van der Waals surface area contributed by atoms with Crippen LogP contribution in [0.4, 0.5) is 10.1 Å². The predicted octanol–water partition coefficient (Wildman–Crippen LogP) is 3.72. The van der Waals surface area contributed by atoms with Gasteiger partial charge in [-0.15, -0.1) is 0 Å². The maximum absolute atomic E-state index is 12.8. The highest BCUT2D eigenvalue weighted by Gasteiger charge is 2.05. The summed E-state index contributed by atoms with van der Waals surface area (Å²) in [5.74, 6) is -0.742. The van der Waals surface area contributed by atoms with Gasteiger partial charge in [0.2, 0.25) is 5.91 Å². The number of amides is 2. The van der Waals surface area contributed by atoms with E-state index in [0.717, 1.165) is 12.8 Å². The number of hydrogen-bond donors (Lipinski definition) is 2. The summed E-state index contributed by atoms with van der Waals surface area (Å²) in [7, 11) is 0. The van der Waals surface area contributed by atoms with Gasteiger partial charge in [0.25, 0.3) is 5.91 Å². The third-order valence-corrected chi connectivity index (χ3v) is 3.44. The molecule has 0 aliphatic rings. The number of anilines is 1. The van der Waals surface area contributed by atoms with Crippen molar-refractivity contribution in [2.45, 2.75) is 26.2 Å². The van der Waals surface area contributed by atoms with Crippen molar-refractivity contribution in [3.05, 3.63) is 65.5 Å². The lowest BCUT2D eigenvalue weighted by molar-refractivity contribution is -0.116. The molecule has 0 aromatic heterocycles. The molecule has 0 aliphatic carbocycles. The second-order valence-electron chi connectivity index (χ2n) is 5.48. The molecule has 6 heteroatoms. The van der Waals surface area contributed by atoms with E-state index in [1.54, 1.807) is 36.4 Å². The Morgan fingerprint density at radius 1 is 1.08 bits per heavy atom. The lowest BCUT2D eigenvalue weighted by atomic mass is 10.2. The van der Waals surface area contributed by atoms with Crippen molar-refractivity contribution in [3.8, 4) is 0 Å². The van der Waals surface area contributed by atoms with Crippen molar-refractivity contribution in [1.29, 1.82) is 0 Å². The Hall–Kier alpha value is -3.02. The summed E-state index contributed by atoms with van der Waals surface area (Å²) in [4.78, 5) is 23.6. The molecule has 0 spiro atoms. The fourth-order valence-corrected chi connectivity index (χ4v) is 2.04. The first-order valence-corrected chi connectivity index (χ1v) is 8.07. The summed E-state index contributed by atoms with van der Waals surface area (Å²) in [6.45, 7) is 2.03. The number of halogens is 1. The zero-order chi connectivity index (χ0) is 18.1. The van der Waals surface area contributed by atoms with E-state index in [1.807, 2.05) is 6.92 Å². The minimum Gasteiger partial charge on any atom is -0.326 e. The van der Waals surface area contributed by atoms with Gasteiger partial charge < -0.3 is 5.32 Å². The molecule has 0 bridgehead atoms. The van der Waals surface area contributed by atoms with E-state index in [-0.39, 0.29) is 17.6 Å². The summed E-state index contributed by atoms with van der Waals surface area (Å²) >= 11 is 0.